The highest BCUT2D eigenvalue weighted by Gasteiger charge is 2.25. The molecule has 1 unspecified atom stereocenters. The first kappa shape index (κ1) is 18.8. The van der Waals surface area contributed by atoms with Crippen LogP contribution in [-0.2, 0) is 10.2 Å². The smallest absolute Gasteiger partial charge is 0.253 e. The average Bonchev–Trinajstić information content (AvgIpc) is 2.54. The van der Waals surface area contributed by atoms with Crippen LogP contribution in [0.4, 0.5) is 0 Å². The molecule has 0 bridgehead atoms. The summed E-state index contributed by atoms with van der Waals surface area (Å²) in [5.74, 6) is -0.0786. The molecule has 1 atom stereocenters. The number of likely N-dealkylation sites (tertiary alicyclic amines) is 1. The summed E-state index contributed by atoms with van der Waals surface area (Å²) in [6.45, 7) is 9.44. The number of hydrogen-bond donors (Lipinski definition) is 1. The van der Waals surface area contributed by atoms with E-state index in [2.05, 4.69) is 26.1 Å². The summed E-state index contributed by atoms with van der Waals surface area (Å²) in [7, 11) is 0. The number of carbonyl (C=O) groups is 2. The maximum absolute atomic E-state index is 12.6. The maximum atomic E-state index is 12.6. The van der Waals surface area contributed by atoms with E-state index >= 15 is 0 Å². The Bertz CT molecular complexity index is 582. The van der Waals surface area contributed by atoms with Crippen molar-refractivity contribution in [2.75, 3.05) is 13.1 Å². The highest BCUT2D eigenvalue weighted by atomic mass is 35.5. The summed E-state index contributed by atoms with van der Waals surface area (Å²) in [5, 5.41) is 2.41. The number of benzene rings is 1. The predicted molar refractivity (Wildman–Crippen MR) is 97.5 cm³/mol. The normalized spacial score (nSPS) is 17.5. The maximum Gasteiger partial charge on any atom is 0.253 e. The first-order chi connectivity index (χ1) is 11.2. The summed E-state index contributed by atoms with van der Waals surface area (Å²) >= 11 is 5.77. The van der Waals surface area contributed by atoms with Crippen LogP contribution in [-0.4, -0.2) is 41.2 Å². The number of halogens is 1. The molecule has 5 heteroatoms. The van der Waals surface area contributed by atoms with Crippen molar-refractivity contribution < 1.29 is 9.59 Å². The lowest BCUT2D eigenvalue weighted by Crippen LogP contribution is -2.47. The predicted octanol–water partition coefficient (Wildman–Crippen LogP) is 3.33. The fourth-order valence-electron chi connectivity index (χ4n) is 2.84. The molecule has 1 aliphatic rings. The summed E-state index contributed by atoms with van der Waals surface area (Å²) in [5.41, 5.74) is 2.02. The van der Waals surface area contributed by atoms with E-state index in [9.17, 15) is 9.59 Å². The van der Waals surface area contributed by atoms with E-state index in [1.807, 2.05) is 29.2 Å². The van der Waals surface area contributed by atoms with Gasteiger partial charge in [-0.25, -0.2) is 0 Å². The third kappa shape index (κ3) is 4.73. The van der Waals surface area contributed by atoms with E-state index in [-0.39, 0.29) is 23.3 Å². The molecule has 0 saturated carbocycles. The van der Waals surface area contributed by atoms with Gasteiger partial charge in [0, 0.05) is 24.7 Å². The monoisotopic (exact) mass is 350 g/mol. The van der Waals surface area contributed by atoms with Gasteiger partial charge in [-0.1, -0.05) is 32.9 Å². The Morgan fingerprint density at radius 2 is 1.71 bits per heavy atom. The van der Waals surface area contributed by atoms with Gasteiger partial charge in [0.05, 0.1) is 0 Å². The molecule has 4 nitrogen and oxygen atoms in total. The molecule has 1 fully saturated rings. The van der Waals surface area contributed by atoms with Crippen LogP contribution in [0.25, 0.3) is 0 Å². The third-order valence-corrected chi connectivity index (χ3v) is 4.69. The average molecular weight is 351 g/mol. The van der Waals surface area contributed by atoms with Crippen molar-refractivity contribution in [3.05, 3.63) is 35.4 Å². The Labute approximate surface area is 149 Å². The Kier molecular flexibility index (Phi) is 5.92. The summed E-state index contributed by atoms with van der Waals surface area (Å²) in [4.78, 5) is 26.1. The van der Waals surface area contributed by atoms with Gasteiger partial charge in [0.15, 0.2) is 0 Å². The molecule has 1 aromatic carbocycles. The van der Waals surface area contributed by atoms with Crippen LogP contribution in [0.3, 0.4) is 0 Å². The van der Waals surface area contributed by atoms with E-state index in [1.165, 1.54) is 5.56 Å². The van der Waals surface area contributed by atoms with Gasteiger partial charge in [-0.2, -0.15) is 0 Å². The van der Waals surface area contributed by atoms with Crippen molar-refractivity contribution in [3.63, 3.8) is 0 Å². The van der Waals surface area contributed by atoms with Gasteiger partial charge in [-0.15, -0.1) is 11.6 Å². The van der Waals surface area contributed by atoms with Gasteiger partial charge in [-0.3, -0.25) is 9.59 Å². The number of piperidine rings is 1. The fraction of sp³-hybridized carbons (Fsp3) is 0.579. The molecule has 1 aromatic rings. The Hall–Kier alpha value is -1.55. The van der Waals surface area contributed by atoms with Crippen LogP contribution in [0.2, 0.25) is 0 Å². The largest absolute Gasteiger partial charge is 0.352 e. The highest BCUT2D eigenvalue weighted by molar-refractivity contribution is 6.30. The standard InChI is InChI=1S/C19H27ClN2O2/c1-13(20)17(23)21-16-9-11-22(12-10-16)18(24)14-5-7-15(8-6-14)19(2,3)4/h5-8,13,16H,9-12H2,1-4H3,(H,21,23). The fourth-order valence-corrected chi connectivity index (χ4v) is 2.90. The topological polar surface area (TPSA) is 49.4 Å². The SMILES string of the molecule is CC(Cl)C(=O)NC1CCN(C(=O)c2ccc(C(C)(C)C)cc2)CC1. The van der Waals surface area contributed by atoms with Crippen LogP contribution in [0.5, 0.6) is 0 Å². The van der Waals surface area contributed by atoms with Gasteiger partial charge < -0.3 is 10.2 Å². The first-order valence-electron chi connectivity index (χ1n) is 8.53. The summed E-state index contributed by atoms with van der Waals surface area (Å²) in [6.07, 6.45) is 1.53. The van der Waals surface area contributed by atoms with Gasteiger partial charge in [0.2, 0.25) is 5.91 Å². The number of hydrogen-bond acceptors (Lipinski definition) is 2. The Morgan fingerprint density at radius 1 is 1.17 bits per heavy atom. The molecule has 0 radical (unpaired) electrons. The second kappa shape index (κ2) is 7.56. The molecular weight excluding hydrogens is 324 g/mol. The molecule has 1 aliphatic heterocycles. The molecule has 1 saturated heterocycles. The van der Waals surface area contributed by atoms with E-state index in [1.54, 1.807) is 6.92 Å². The highest BCUT2D eigenvalue weighted by Crippen LogP contribution is 2.23. The van der Waals surface area contributed by atoms with Crippen molar-refractivity contribution in [1.82, 2.24) is 10.2 Å². The second-order valence-corrected chi connectivity index (χ2v) is 8.17. The van der Waals surface area contributed by atoms with Crippen molar-refractivity contribution in [2.45, 2.75) is 57.4 Å². The van der Waals surface area contributed by atoms with Gasteiger partial charge in [0.25, 0.3) is 5.91 Å². The minimum atomic E-state index is -0.522. The number of rotatable bonds is 3. The molecule has 24 heavy (non-hydrogen) atoms. The van der Waals surface area contributed by atoms with Crippen LogP contribution >= 0.6 is 11.6 Å². The molecule has 0 spiro atoms. The van der Waals surface area contributed by atoms with Gasteiger partial charge in [0.1, 0.15) is 5.38 Å². The van der Waals surface area contributed by atoms with Gasteiger partial charge in [-0.05, 0) is 42.9 Å². The van der Waals surface area contributed by atoms with E-state index in [0.717, 1.165) is 18.4 Å². The van der Waals surface area contributed by atoms with E-state index < -0.39 is 5.38 Å². The zero-order chi connectivity index (χ0) is 17.9. The first-order valence-corrected chi connectivity index (χ1v) is 8.96. The van der Waals surface area contributed by atoms with Crippen LogP contribution < -0.4 is 5.32 Å². The molecule has 2 rings (SSSR count). The third-order valence-electron chi connectivity index (χ3n) is 4.49. The molecular formula is C19H27ClN2O2. The number of amides is 2. The lowest BCUT2D eigenvalue weighted by atomic mass is 9.86. The molecule has 0 aliphatic carbocycles. The molecule has 1 heterocycles. The lowest BCUT2D eigenvalue weighted by molar-refractivity contribution is -0.121. The number of carbonyl (C=O) groups excluding carboxylic acids is 2. The molecule has 132 valence electrons. The van der Waals surface area contributed by atoms with Crippen molar-refractivity contribution >= 4 is 23.4 Å². The number of nitrogens with one attached hydrogen (secondary N) is 1. The van der Waals surface area contributed by atoms with Crippen LogP contribution in [0.1, 0.15) is 56.5 Å². The Balaban J connectivity index is 1.92. The quantitative estimate of drug-likeness (QED) is 0.850. The van der Waals surface area contributed by atoms with E-state index in [0.29, 0.717) is 13.1 Å². The minimum Gasteiger partial charge on any atom is -0.352 e. The van der Waals surface area contributed by atoms with Gasteiger partial charge >= 0.3 is 0 Å². The van der Waals surface area contributed by atoms with Crippen molar-refractivity contribution in [3.8, 4) is 0 Å². The molecule has 1 N–H and O–H groups in total. The second-order valence-electron chi connectivity index (χ2n) is 7.52. The molecule has 0 aromatic heterocycles. The Morgan fingerprint density at radius 3 is 2.17 bits per heavy atom. The van der Waals surface area contributed by atoms with E-state index in [4.69, 9.17) is 11.6 Å². The van der Waals surface area contributed by atoms with Crippen LogP contribution in [0, 0.1) is 0 Å². The van der Waals surface area contributed by atoms with Crippen molar-refractivity contribution in [1.29, 1.82) is 0 Å². The number of alkyl halides is 1. The number of nitrogens with zero attached hydrogens (tertiary/aromatic N) is 1. The lowest BCUT2D eigenvalue weighted by Gasteiger charge is -2.32. The molecule has 2 amide bonds. The van der Waals surface area contributed by atoms with Crippen LogP contribution in [0.15, 0.2) is 24.3 Å². The summed E-state index contributed by atoms with van der Waals surface area (Å²) < 4.78 is 0. The zero-order valence-electron chi connectivity index (χ0n) is 14.9. The zero-order valence-corrected chi connectivity index (χ0v) is 15.7. The van der Waals surface area contributed by atoms with Crippen molar-refractivity contribution in [2.24, 2.45) is 0 Å². The minimum absolute atomic E-state index is 0.0611. The summed E-state index contributed by atoms with van der Waals surface area (Å²) in [6, 6.07) is 7.98.